The molecule has 0 bridgehead atoms. The summed E-state index contributed by atoms with van der Waals surface area (Å²) in [5, 5.41) is 10.8. The van der Waals surface area contributed by atoms with Crippen molar-refractivity contribution in [1.82, 2.24) is 20.1 Å². The normalized spacial score (nSPS) is 14.8. The van der Waals surface area contributed by atoms with Gasteiger partial charge in [-0.1, -0.05) is 6.07 Å². The average molecular weight is 401 g/mol. The maximum Gasteiger partial charge on any atom is 0.321 e. The SMILES string of the molecule is O=C(Nc1cccc2[nH]ncc12)N1CCN(c2ncccc2Br)CC1. The van der Waals surface area contributed by atoms with Crippen LogP contribution in [0, 0.1) is 0 Å². The lowest BCUT2D eigenvalue weighted by Crippen LogP contribution is -2.50. The van der Waals surface area contributed by atoms with E-state index in [4.69, 9.17) is 0 Å². The average Bonchev–Trinajstić information content (AvgIpc) is 3.12. The standard InChI is InChI=1S/C17H17BrN6O/c18-13-3-2-6-19-16(13)23-7-9-24(10-8-23)17(25)21-14-4-1-5-15-12(14)11-20-22-15/h1-6,11H,7-10H2,(H,20,22)(H,21,25). The van der Waals surface area contributed by atoms with Gasteiger partial charge < -0.3 is 15.1 Å². The molecule has 1 aromatic carbocycles. The molecule has 25 heavy (non-hydrogen) atoms. The molecule has 1 saturated heterocycles. The molecule has 8 heteroatoms. The molecule has 3 heterocycles. The van der Waals surface area contributed by atoms with Crippen LogP contribution in [-0.2, 0) is 0 Å². The molecule has 3 aromatic rings. The van der Waals surface area contributed by atoms with Gasteiger partial charge in [-0.25, -0.2) is 9.78 Å². The van der Waals surface area contributed by atoms with Crippen LogP contribution < -0.4 is 10.2 Å². The maximum atomic E-state index is 12.6. The zero-order valence-corrected chi connectivity index (χ0v) is 15.0. The number of nitrogens with zero attached hydrogens (tertiary/aromatic N) is 4. The van der Waals surface area contributed by atoms with Gasteiger partial charge in [-0.05, 0) is 40.2 Å². The topological polar surface area (TPSA) is 77.2 Å². The van der Waals surface area contributed by atoms with Crippen molar-refractivity contribution in [3.05, 3.63) is 47.2 Å². The molecule has 2 N–H and O–H groups in total. The fourth-order valence-electron chi connectivity index (χ4n) is 3.00. The molecular formula is C17H17BrN6O. The lowest BCUT2D eigenvalue weighted by atomic mass is 10.2. The summed E-state index contributed by atoms with van der Waals surface area (Å²) < 4.78 is 0.972. The van der Waals surface area contributed by atoms with E-state index in [2.05, 4.69) is 41.3 Å². The summed E-state index contributed by atoms with van der Waals surface area (Å²) in [4.78, 5) is 21.0. The first kappa shape index (κ1) is 15.9. The number of H-pyrrole nitrogens is 1. The van der Waals surface area contributed by atoms with Crippen LogP contribution in [0.5, 0.6) is 0 Å². The van der Waals surface area contributed by atoms with Gasteiger partial charge in [0.15, 0.2) is 0 Å². The third-order valence-electron chi connectivity index (χ3n) is 4.33. The Morgan fingerprint density at radius 3 is 2.80 bits per heavy atom. The first-order valence-corrected chi connectivity index (χ1v) is 8.85. The number of pyridine rings is 1. The number of benzene rings is 1. The highest BCUT2D eigenvalue weighted by molar-refractivity contribution is 9.10. The fraction of sp³-hybridized carbons (Fsp3) is 0.235. The van der Waals surface area contributed by atoms with E-state index in [1.165, 1.54) is 0 Å². The second kappa shape index (κ2) is 6.72. The summed E-state index contributed by atoms with van der Waals surface area (Å²) in [6.07, 6.45) is 3.51. The van der Waals surface area contributed by atoms with Crippen molar-refractivity contribution < 1.29 is 4.79 Å². The van der Waals surface area contributed by atoms with E-state index in [0.717, 1.165) is 40.0 Å². The lowest BCUT2D eigenvalue weighted by molar-refractivity contribution is 0.208. The molecule has 0 radical (unpaired) electrons. The van der Waals surface area contributed by atoms with Crippen molar-refractivity contribution in [3.8, 4) is 0 Å². The highest BCUT2D eigenvalue weighted by Gasteiger charge is 2.23. The largest absolute Gasteiger partial charge is 0.352 e. The van der Waals surface area contributed by atoms with Crippen LogP contribution >= 0.6 is 15.9 Å². The number of carbonyl (C=O) groups is 1. The molecule has 0 unspecified atom stereocenters. The summed E-state index contributed by atoms with van der Waals surface area (Å²) in [7, 11) is 0. The monoisotopic (exact) mass is 400 g/mol. The first-order valence-electron chi connectivity index (χ1n) is 8.06. The van der Waals surface area contributed by atoms with Crippen molar-refractivity contribution in [2.45, 2.75) is 0 Å². The fourth-order valence-corrected chi connectivity index (χ4v) is 3.51. The highest BCUT2D eigenvalue weighted by atomic mass is 79.9. The van der Waals surface area contributed by atoms with Crippen LogP contribution in [0.2, 0.25) is 0 Å². The summed E-state index contributed by atoms with van der Waals surface area (Å²) in [5.41, 5.74) is 1.67. The second-order valence-electron chi connectivity index (χ2n) is 5.85. The number of rotatable bonds is 2. The Labute approximate surface area is 153 Å². The number of hydrogen-bond acceptors (Lipinski definition) is 4. The molecule has 0 saturated carbocycles. The predicted octanol–water partition coefficient (Wildman–Crippen LogP) is 3.07. The number of halogens is 1. The van der Waals surface area contributed by atoms with Crippen LogP contribution in [-0.4, -0.2) is 52.3 Å². The quantitative estimate of drug-likeness (QED) is 0.692. The number of fused-ring (bicyclic) bond motifs is 1. The van der Waals surface area contributed by atoms with Crippen LogP contribution in [0.4, 0.5) is 16.3 Å². The van der Waals surface area contributed by atoms with Crippen molar-refractivity contribution in [2.24, 2.45) is 0 Å². The Hall–Kier alpha value is -2.61. The number of amides is 2. The number of piperazine rings is 1. The van der Waals surface area contributed by atoms with E-state index < -0.39 is 0 Å². The van der Waals surface area contributed by atoms with E-state index in [1.54, 1.807) is 12.4 Å². The summed E-state index contributed by atoms with van der Waals surface area (Å²) in [6, 6.07) is 9.50. The molecule has 1 fully saturated rings. The van der Waals surface area contributed by atoms with E-state index >= 15 is 0 Å². The molecule has 0 atom stereocenters. The third-order valence-corrected chi connectivity index (χ3v) is 4.95. The minimum Gasteiger partial charge on any atom is -0.352 e. The molecule has 0 aliphatic carbocycles. The number of anilines is 2. The van der Waals surface area contributed by atoms with E-state index in [-0.39, 0.29) is 6.03 Å². The van der Waals surface area contributed by atoms with Gasteiger partial charge in [0.05, 0.1) is 21.9 Å². The van der Waals surface area contributed by atoms with Crippen LogP contribution in [0.15, 0.2) is 47.2 Å². The number of carbonyl (C=O) groups excluding carboxylic acids is 1. The Kier molecular flexibility index (Phi) is 4.27. The van der Waals surface area contributed by atoms with Gasteiger partial charge in [-0.2, -0.15) is 5.10 Å². The van der Waals surface area contributed by atoms with Crippen molar-refractivity contribution >= 4 is 44.4 Å². The molecular weight excluding hydrogens is 384 g/mol. The zero-order valence-electron chi connectivity index (χ0n) is 13.4. The Morgan fingerprint density at radius 2 is 2.00 bits per heavy atom. The van der Waals surface area contributed by atoms with Gasteiger partial charge in [-0.3, -0.25) is 5.10 Å². The summed E-state index contributed by atoms with van der Waals surface area (Å²) in [5.74, 6) is 0.922. The van der Waals surface area contributed by atoms with Gasteiger partial charge in [0.1, 0.15) is 5.82 Å². The van der Waals surface area contributed by atoms with Crippen LogP contribution in [0.25, 0.3) is 10.9 Å². The first-order chi connectivity index (χ1) is 12.2. The summed E-state index contributed by atoms with van der Waals surface area (Å²) in [6.45, 7) is 2.80. The lowest BCUT2D eigenvalue weighted by Gasteiger charge is -2.35. The van der Waals surface area contributed by atoms with Gasteiger partial charge in [0.25, 0.3) is 0 Å². The van der Waals surface area contributed by atoms with Crippen molar-refractivity contribution in [3.63, 3.8) is 0 Å². The summed E-state index contributed by atoms with van der Waals surface area (Å²) >= 11 is 3.53. The Morgan fingerprint density at radius 1 is 1.16 bits per heavy atom. The van der Waals surface area contributed by atoms with Gasteiger partial charge >= 0.3 is 6.03 Å². The van der Waals surface area contributed by atoms with Gasteiger partial charge in [0.2, 0.25) is 0 Å². The Bertz CT molecular complexity index is 903. The second-order valence-corrected chi connectivity index (χ2v) is 6.70. The van der Waals surface area contributed by atoms with E-state index in [0.29, 0.717) is 13.1 Å². The van der Waals surface area contributed by atoms with Gasteiger partial charge in [0, 0.05) is 37.8 Å². The smallest absolute Gasteiger partial charge is 0.321 e. The number of aromatic amines is 1. The molecule has 4 rings (SSSR count). The molecule has 1 aliphatic heterocycles. The number of hydrogen-bond donors (Lipinski definition) is 2. The number of nitrogens with one attached hydrogen (secondary N) is 2. The van der Waals surface area contributed by atoms with Crippen molar-refractivity contribution in [2.75, 3.05) is 36.4 Å². The maximum absolute atomic E-state index is 12.6. The minimum absolute atomic E-state index is 0.0894. The molecule has 2 aromatic heterocycles. The minimum atomic E-state index is -0.0894. The van der Waals surface area contributed by atoms with E-state index in [1.807, 2.05) is 35.2 Å². The molecule has 7 nitrogen and oxygen atoms in total. The molecule has 2 amide bonds. The third kappa shape index (κ3) is 3.17. The predicted molar refractivity (Wildman–Crippen MR) is 101 cm³/mol. The van der Waals surface area contributed by atoms with Crippen molar-refractivity contribution in [1.29, 1.82) is 0 Å². The molecule has 0 spiro atoms. The zero-order chi connectivity index (χ0) is 17.2. The Balaban J connectivity index is 1.42. The van der Waals surface area contributed by atoms with Crippen LogP contribution in [0.1, 0.15) is 0 Å². The van der Waals surface area contributed by atoms with Gasteiger partial charge in [-0.15, -0.1) is 0 Å². The molecule has 128 valence electrons. The molecule has 1 aliphatic rings. The van der Waals surface area contributed by atoms with E-state index in [9.17, 15) is 4.79 Å². The number of aromatic nitrogens is 3. The highest BCUT2D eigenvalue weighted by Crippen LogP contribution is 2.25. The van der Waals surface area contributed by atoms with Crippen LogP contribution in [0.3, 0.4) is 0 Å². The number of urea groups is 1.